The number of ether oxygens (including phenoxy) is 1. The highest BCUT2D eigenvalue weighted by Gasteiger charge is 2.38. The molecular formula is C75H123N23O15S. The van der Waals surface area contributed by atoms with Crippen molar-refractivity contribution < 1.29 is 72.2 Å². The molecular weight excluding hydrogens is 1500 g/mol. The van der Waals surface area contributed by atoms with Gasteiger partial charge < -0.3 is 119 Å². The first-order chi connectivity index (χ1) is 53.8. The number of nitrogens with one attached hydrogen (secondary N) is 12. The molecule has 114 heavy (non-hydrogen) atoms. The highest BCUT2D eigenvalue weighted by Crippen LogP contribution is 2.21. The number of nitrogens with two attached hydrogens (primary N) is 8. The number of para-hydroxylation sites is 1. The molecule has 0 aliphatic rings. The molecule has 0 bridgehead atoms. The van der Waals surface area contributed by atoms with Crippen LogP contribution in [0.5, 0.6) is 0 Å². The molecule has 0 saturated heterocycles. The number of guanidine groups is 3. The number of thiol groups is 1. The molecule has 0 aliphatic heterocycles. The first kappa shape index (κ1) is 97.4. The molecule has 1 aromatic heterocycles. The zero-order valence-electron chi connectivity index (χ0n) is 66.8. The molecule has 0 spiro atoms. The minimum Gasteiger partial charge on any atom is -0.481 e. The molecule has 634 valence electrons. The average molecular weight is 1620 g/mol. The first-order valence-corrected chi connectivity index (χ1v) is 39.0. The second-order valence-corrected chi connectivity index (χ2v) is 30.0. The maximum absolute atomic E-state index is 15.2. The number of aromatic nitrogens is 1. The molecule has 0 fully saturated rings. The number of amides is 11. The quantitative estimate of drug-likeness (QED) is 0.00907. The second kappa shape index (κ2) is 50.3. The van der Waals surface area contributed by atoms with E-state index in [-0.39, 0.29) is 120 Å². The lowest BCUT2D eigenvalue weighted by atomic mass is 9.96. The van der Waals surface area contributed by atoms with Crippen molar-refractivity contribution in [2.24, 2.45) is 78.6 Å². The summed E-state index contributed by atoms with van der Waals surface area (Å²) in [6, 6.07) is 0.706. The number of hydrogen-bond acceptors (Lipinski definition) is 20. The van der Waals surface area contributed by atoms with Crippen LogP contribution < -0.4 is 104 Å². The molecule has 1 heterocycles. The molecule has 0 radical (unpaired) electrons. The van der Waals surface area contributed by atoms with Gasteiger partial charge in [-0.25, -0.2) is 4.79 Å². The Balaban J connectivity index is 2.01. The molecule has 12 atom stereocenters. The monoisotopic (exact) mass is 1620 g/mol. The zero-order chi connectivity index (χ0) is 85.4. The van der Waals surface area contributed by atoms with E-state index >= 15 is 9.59 Å². The number of unbranched alkanes of at least 4 members (excludes halogenated alkanes) is 1. The van der Waals surface area contributed by atoms with Crippen molar-refractivity contribution in [3.63, 3.8) is 0 Å². The summed E-state index contributed by atoms with van der Waals surface area (Å²) in [7, 11) is 0. The zero-order valence-corrected chi connectivity index (χ0v) is 67.7. The maximum Gasteiger partial charge on any atom is 0.330 e. The van der Waals surface area contributed by atoms with Gasteiger partial charge in [0.2, 0.25) is 65.0 Å². The number of hydrogen-bond donors (Lipinski definition) is 22. The van der Waals surface area contributed by atoms with E-state index in [1.165, 1.54) is 0 Å². The van der Waals surface area contributed by atoms with Crippen LogP contribution in [0.15, 0.2) is 75.8 Å². The minimum absolute atomic E-state index is 0.00938. The number of carboxylic acid groups (broad SMARTS) is 1. The van der Waals surface area contributed by atoms with Gasteiger partial charge in [-0.2, -0.15) is 12.6 Å². The number of carbonyl (C=O) groups is 13. The maximum atomic E-state index is 15.2. The van der Waals surface area contributed by atoms with Crippen molar-refractivity contribution in [1.29, 1.82) is 0 Å². The van der Waals surface area contributed by atoms with Crippen LogP contribution in [0.3, 0.4) is 0 Å². The lowest BCUT2D eigenvalue weighted by Crippen LogP contribution is -2.62. The van der Waals surface area contributed by atoms with E-state index in [1.54, 1.807) is 117 Å². The van der Waals surface area contributed by atoms with Crippen molar-refractivity contribution in [1.82, 2.24) is 63.5 Å². The van der Waals surface area contributed by atoms with Gasteiger partial charge >= 0.3 is 11.9 Å². The van der Waals surface area contributed by atoms with E-state index in [0.717, 1.165) is 0 Å². The molecule has 29 N–H and O–H groups in total. The normalized spacial score (nSPS) is 14.4. The van der Waals surface area contributed by atoms with Gasteiger partial charge in [-0.1, -0.05) is 96.5 Å². The van der Waals surface area contributed by atoms with E-state index in [2.05, 4.69) is 91.1 Å². The third-order valence-electron chi connectivity index (χ3n) is 18.0. The second-order valence-electron chi connectivity index (χ2n) is 29.6. The first-order valence-electron chi connectivity index (χ1n) is 38.3. The number of aliphatic carboxylic acids is 1. The average Bonchev–Trinajstić information content (AvgIpc) is 1.35. The van der Waals surface area contributed by atoms with Crippen molar-refractivity contribution in [3.8, 4) is 0 Å². The van der Waals surface area contributed by atoms with Crippen molar-refractivity contribution in [2.45, 2.75) is 231 Å². The van der Waals surface area contributed by atoms with Crippen LogP contribution in [0, 0.1) is 17.8 Å². The molecule has 38 nitrogen and oxygen atoms in total. The van der Waals surface area contributed by atoms with E-state index in [1.807, 2.05) is 6.07 Å². The number of esters is 1. The van der Waals surface area contributed by atoms with Crippen molar-refractivity contribution >= 4 is 118 Å². The summed E-state index contributed by atoms with van der Waals surface area (Å²) in [6.07, 6.45) is 1.87. The molecule has 11 amide bonds. The Bertz CT molecular complexity index is 3750. The summed E-state index contributed by atoms with van der Waals surface area (Å²) in [4.78, 5) is 198. The number of benzene rings is 2. The highest BCUT2D eigenvalue weighted by molar-refractivity contribution is 7.80. The van der Waals surface area contributed by atoms with Gasteiger partial charge in [-0.15, -0.1) is 0 Å². The topological polar surface area (TPSA) is 645 Å². The molecule has 3 aromatic rings. The Hall–Kier alpha value is -10.8. The summed E-state index contributed by atoms with van der Waals surface area (Å²) < 4.78 is 5.43. The number of H-pyrrole nitrogens is 1. The highest BCUT2D eigenvalue weighted by atomic mass is 32.1. The number of nitrogens with zero attached hydrogens (tertiary/aromatic N) is 3. The number of carbonyl (C=O) groups excluding carboxylic acids is 12. The summed E-state index contributed by atoms with van der Waals surface area (Å²) in [5, 5.41) is 39.8. The van der Waals surface area contributed by atoms with Gasteiger partial charge in [-0.05, 0) is 133 Å². The van der Waals surface area contributed by atoms with Crippen LogP contribution in [0.1, 0.15) is 157 Å². The van der Waals surface area contributed by atoms with Crippen LogP contribution in [-0.2, 0) is 79.9 Å². The molecule has 0 aliphatic carbocycles. The summed E-state index contributed by atoms with van der Waals surface area (Å²) in [5.41, 5.74) is 46.0. The number of fused-ring (bicyclic) bond motifs is 1. The van der Waals surface area contributed by atoms with Crippen LogP contribution >= 0.6 is 12.6 Å². The molecule has 2 aromatic carbocycles. The number of rotatable bonds is 52. The predicted molar refractivity (Wildman–Crippen MR) is 435 cm³/mol. The fourth-order valence-electron chi connectivity index (χ4n) is 11.7. The predicted octanol–water partition coefficient (Wildman–Crippen LogP) is -2.58. The van der Waals surface area contributed by atoms with Gasteiger partial charge in [0.25, 0.3) is 0 Å². The van der Waals surface area contributed by atoms with Crippen LogP contribution in [0.2, 0.25) is 0 Å². The Labute approximate surface area is 670 Å². The van der Waals surface area contributed by atoms with E-state index in [9.17, 15) is 57.8 Å². The Morgan fingerprint density at radius 3 is 1.48 bits per heavy atom. The van der Waals surface area contributed by atoms with Gasteiger partial charge in [0, 0.05) is 61.7 Å². The minimum atomic E-state index is -1.50. The lowest BCUT2D eigenvalue weighted by molar-refractivity contribution is -0.158. The lowest BCUT2D eigenvalue weighted by Gasteiger charge is -2.30. The van der Waals surface area contributed by atoms with E-state index in [0.29, 0.717) is 41.3 Å². The van der Waals surface area contributed by atoms with Crippen molar-refractivity contribution in [2.75, 3.05) is 38.5 Å². The van der Waals surface area contributed by atoms with E-state index < -0.39 is 180 Å². The fourth-order valence-corrected chi connectivity index (χ4v) is 11.9. The SMILES string of the molecule is CC[C@H](C)[C@H](NC(=O)[C@H](Cc1ccccc1)NC(=O)[C@H](CCC(=O)O)NC(=O)[C@@H](N)CCCN=C(N)N)C(=O)N[C@@H](CCCCN)C(=O)N[C@@H](Cc1c[nH]c2ccccc12)C(=O)N[C@@H](CC(C)C)C(=O)N[C@H](C(=O)N[C@@H](CCCN=C(N)N)C(=O)NCC(=O)N[C@@H](CCCN=C(N)N)C(=O)N[C@@H](CS)C(=O)OC(C)(C)C)C(C)C. The summed E-state index contributed by atoms with van der Waals surface area (Å²) in [5.74, 6) is -13.7. The van der Waals surface area contributed by atoms with Gasteiger partial charge in [0.05, 0.1) is 12.6 Å². The molecule has 0 saturated carbocycles. The largest absolute Gasteiger partial charge is 0.481 e. The standard InChI is InChI=1S/C75H123N23O15S/c1-10-43(6)60(98-68(109)54(36-44-21-12-11-13-22-44)94-65(106)52(29-30-58(100)101)90-61(102)47(77)24-18-32-84-72(78)79)70(111)92-51(26-16-17-31-76)64(105)95-55(37-45-38-87-48-25-15-14-23-46(45)48)66(107)93-53(35-41(2)3)67(108)97-59(42(4)5)69(110)91-49(27-19-33-85-73(80)81)62(103)88-39-57(99)89-50(28-20-34-86-74(82)83)63(104)96-56(40-114)71(112)113-75(7,8)9/h11-15,21-23,25,38,41-43,47,49-56,59-60,87,114H,10,16-20,24,26-37,39-40,76-77H2,1-9H3,(H,88,103)(H,89,99)(H,90,102)(H,91,110)(H,92,111)(H,93,107)(H,94,106)(H,95,105)(H,96,104)(H,97,108)(H,98,109)(H,100,101)(H4,78,79,84)(H4,80,81,85)(H4,82,83,86)/t43-,47-,49-,50-,51-,52-,53-,54-,55-,56-,59-,60-/m0/s1. The van der Waals surface area contributed by atoms with Gasteiger partial charge in [-0.3, -0.25) is 72.5 Å². The number of aliphatic imine (C=N–C) groups is 3. The molecule has 0 unspecified atom stereocenters. The number of aromatic amines is 1. The molecule has 3 rings (SSSR count). The summed E-state index contributed by atoms with van der Waals surface area (Å²) in [6.45, 7) is 14.9. The van der Waals surface area contributed by atoms with Crippen molar-refractivity contribution in [3.05, 3.63) is 71.9 Å². The van der Waals surface area contributed by atoms with Crippen LogP contribution in [0.4, 0.5) is 0 Å². The molecule has 39 heteroatoms. The van der Waals surface area contributed by atoms with Gasteiger partial charge in [0.15, 0.2) is 17.9 Å². The Morgan fingerprint density at radius 1 is 0.509 bits per heavy atom. The number of carboxylic acids is 1. The Kier molecular flexibility index (Phi) is 43.0. The fraction of sp³-hybridized carbons (Fsp3) is 0.600. The van der Waals surface area contributed by atoms with Crippen LogP contribution in [-0.4, -0.2) is 215 Å². The third kappa shape index (κ3) is 36.8. The van der Waals surface area contributed by atoms with Gasteiger partial charge in [0.1, 0.15) is 66.0 Å². The van der Waals surface area contributed by atoms with Crippen LogP contribution in [0.25, 0.3) is 10.9 Å². The van der Waals surface area contributed by atoms with E-state index in [4.69, 9.17) is 50.6 Å². The summed E-state index contributed by atoms with van der Waals surface area (Å²) >= 11 is 4.21. The smallest absolute Gasteiger partial charge is 0.330 e. The Morgan fingerprint density at radius 2 is 0.956 bits per heavy atom. The third-order valence-corrected chi connectivity index (χ3v) is 18.3.